The molecule has 1 heterocycles. The van der Waals surface area contributed by atoms with Crippen LogP contribution in [0.1, 0.15) is 15.2 Å². The van der Waals surface area contributed by atoms with E-state index in [2.05, 4.69) is 0 Å². The van der Waals surface area contributed by atoms with Gasteiger partial charge in [-0.15, -0.1) is 11.3 Å². The maximum Gasteiger partial charge on any atom is 0.345 e. The molecular weight excluding hydrogens is 246 g/mol. The van der Waals surface area contributed by atoms with Gasteiger partial charge in [-0.1, -0.05) is 0 Å². The summed E-state index contributed by atoms with van der Waals surface area (Å²) in [6.45, 7) is 1.70. The van der Waals surface area contributed by atoms with Crippen molar-refractivity contribution in [3.63, 3.8) is 0 Å². The van der Waals surface area contributed by atoms with E-state index < -0.39 is 17.6 Å². The van der Waals surface area contributed by atoms with Gasteiger partial charge in [-0.3, -0.25) is 0 Å². The first kappa shape index (κ1) is 11.7. The summed E-state index contributed by atoms with van der Waals surface area (Å²) < 4.78 is 26.3. The van der Waals surface area contributed by atoms with Crippen molar-refractivity contribution in [3.05, 3.63) is 46.3 Å². The molecule has 0 saturated heterocycles. The Morgan fingerprint density at radius 2 is 2.00 bits per heavy atom. The van der Waals surface area contributed by atoms with Gasteiger partial charge in [-0.2, -0.15) is 0 Å². The Hall–Kier alpha value is -1.75. The first-order chi connectivity index (χ1) is 7.99. The molecule has 2 aromatic rings. The summed E-state index contributed by atoms with van der Waals surface area (Å²) in [5.41, 5.74) is 0.888. The molecule has 0 saturated carbocycles. The van der Waals surface area contributed by atoms with Crippen LogP contribution in [0.2, 0.25) is 0 Å². The van der Waals surface area contributed by atoms with Gasteiger partial charge in [0.25, 0.3) is 0 Å². The van der Waals surface area contributed by atoms with Crippen molar-refractivity contribution < 1.29 is 18.7 Å². The van der Waals surface area contributed by atoms with Crippen LogP contribution in [0.15, 0.2) is 24.3 Å². The number of aryl methyl sites for hydroxylation is 1. The van der Waals surface area contributed by atoms with Gasteiger partial charge >= 0.3 is 5.97 Å². The van der Waals surface area contributed by atoms with Crippen LogP contribution in [0.25, 0.3) is 10.4 Å². The maximum absolute atomic E-state index is 13.5. The summed E-state index contributed by atoms with van der Waals surface area (Å²) in [5, 5.41) is 8.84. The Labute approximate surface area is 100 Å². The molecule has 2 nitrogen and oxygen atoms in total. The Balaban J connectivity index is 2.56. The number of carboxylic acid groups (broad SMARTS) is 1. The second-order valence-corrected chi connectivity index (χ2v) is 4.60. The fraction of sp³-hybridized carbons (Fsp3) is 0.0833. The fourth-order valence-electron chi connectivity index (χ4n) is 1.53. The van der Waals surface area contributed by atoms with Gasteiger partial charge in [-0.05, 0) is 30.7 Å². The number of aromatic carboxylic acids is 1. The predicted octanol–water partition coefficient (Wildman–Crippen LogP) is 3.70. The zero-order chi connectivity index (χ0) is 12.6. The SMILES string of the molecule is Cc1cc(C(=O)O)sc1-c1ccc(F)cc1F. The van der Waals surface area contributed by atoms with Crippen molar-refractivity contribution in [3.8, 4) is 10.4 Å². The predicted molar refractivity (Wildman–Crippen MR) is 61.4 cm³/mol. The molecule has 88 valence electrons. The summed E-state index contributed by atoms with van der Waals surface area (Å²) in [5.74, 6) is -2.39. The number of halogens is 2. The van der Waals surface area contributed by atoms with Gasteiger partial charge in [0.15, 0.2) is 0 Å². The maximum atomic E-state index is 13.5. The lowest BCUT2D eigenvalue weighted by atomic mass is 10.1. The highest BCUT2D eigenvalue weighted by Gasteiger charge is 2.15. The Bertz CT molecular complexity index is 590. The number of hydrogen-bond acceptors (Lipinski definition) is 2. The average Bonchev–Trinajstić information content (AvgIpc) is 2.61. The van der Waals surface area contributed by atoms with Crippen molar-refractivity contribution in [1.82, 2.24) is 0 Å². The highest BCUT2D eigenvalue weighted by atomic mass is 32.1. The minimum atomic E-state index is -1.05. The van der Waals surface area contributed by atoms with E-state index in [1.54, 1.807) is 6.92 Å². The quantitative estimate of drug-likeness (QED) is 0.887. The van der Waals surface area contributed by atoms with Gasteiger partial charge in [0.1, 0.15) is 16.5 Å². The molecule has 0 aliphatic rings. The molecule has 0 bridgehead atoms. The van der Waals surface area contributed by atoms with Gasteiger partial charge in [0.05, 0.1) is 0 Å². The van der Waals surface area contributed by atoms with E-state index in [1.165, 1.54) is 12.1 Å². The minimum Gasteiger partial charge on any atom is -0.477 e. The van der Waals surface area contributed by atoms with Crippen LogP contribution in [0.5, 0.6) is 0 Å². The number of rotatable bonds is 2. The van der Waals surface area contributed by atoms with Crippen molar-refractivity contribution >= 4 is 17.3 Å². The van der Waals surface area contributed by atoms with Crippen LogP contribution in [-0.4, -0.2) is 11.1 Å². The molecule has 1 N–H and O–H groups in total. The van der Waals surface area contributed by atoms with Crippen LogP contribution < -0.4 is 0 Å². The largest absolute Gasteiger partial charge is 0.477 e. The van der Waals surface area contributed by atoms with Crippen molar-refractivity contribution in [2.24, 2.45) is 0 Å². The zero-order valence-electron chi connectivity index (χ0n) is 8.83. The third kappa shape index (κ3) is 2.19. The first-order valence-electron chi connectivity index (χ1n) is 4.78. The van der Waals surface area contributed by atoms with Crippen LogP contribution in [0, 0.1) is 18.6 Å². The molecule has 17 heavy (non-hydrogen) atoms. The van der Waals surface area contributed by atoms with E-state index in [4.69, 9.17) is 5.11 Å². The average molecular weight is 254 g/mol. The highest BCUT2D eigenvalue weighted by Crippen LogP contribution is 2.34. The third-order valence-electron chi connectivity index (χ3n) is 2.30. The standard InChI is InChI=1S/C12H8F2O2S/c1-6-4-10(12(15)16)17-11(6)8-3-2-7(13)5-9(8)14/h2-5H,1H3,(H,15,16). The lowest BCUT2D eigenvalue weighted by Gasteiger charge is -2.01. The summed E-state index contributed by atoms with van der Waals surface area (Å²) in [7, 11) is 0. The molecule has 0 atom stereocenters. The molecule has 0 aliphatic heterocycles. The van der Waals surface area contributed by atoms with Crippen molar-refractivity contribution in [2.45, 2.75) is 6.92 Å². The van der Waals surface area contributed by atoms with E-state index in [9.17, 15) is 13.6 Å². The normalized spacial score (nSPS) is 10.5. The lowest BCUT2D eigenvalue weighted by molar-refractivity contribution is 0.0702. The van der Waals surface area contributed by atoms with E-state index in [1.807, 2.05) is 0 Å². The molecule has 0 unspecified atom stereocenters. The summed E-state index contributed by atoms with van der Waals surface area (Å²) >= 11 is 0.979. The van der Waals surface area contributed by atoms with Crippen LogP contribution >= 0.6 is 11.3 Å². The summed E-state index contributed by atoms with van der Waals surface area (Å²) in [6, 6.07) is 4.73. The third-order valence-corrected chi connectivity index (χ3v) is 3.56. The van der Waals surface area contributed by atoms with Gasteiger partial charge in [-0.25, -0.2) is 13.6 Å². The zero-order valence-corrected chi connectivity index (χ0v) is 9.65. The topological polar surface area (TPSA) is 37.3 Å². The molecule has 2 rings (SSSR count). The summed E-state index contributed by atoms with van der Waals surface area (Å²) in [4.78, 5) is 11.4. The Morgan fingerprint density at radius 3 is 2.53 bits per heavy atom. The molecule has 0 radical (unpaired) electrons. The molecule has 0 spiro atoms. The lowest BCUT2D eigenvalue weighted by Crippen LogP contribution is -1.89. The molecule has 1 aromatic carbocycles. The van der Waals surface area contributed by atoms with E-state index >= 15 is 0 Å². The second kappa shape index (κ2) is 4.25. The van der Waals surface area contributed by atoms with E-state index in [-0.39, 0.29) is 10.4 Å². The van der Waals surface area contributed by atoms with Crippen molar-refractivity contribution in [2.75, 3.05) is 0 Å². The molecule has 1 aromatic heterocycles. The smallest absolute Gasteiger partial charge is 0.345 e. The molecule has 5 heteroatoms. The Morgan fingerprint density at radius 1 is 1.29 bits per heavy atom. The van der Waals surface area contributed by atoms with Crippen LogP contribution in [0.3, 0.4) is 0 Å². The van der Waals surface area contributed by atoms with Gasteiger partial charge in [0, 0.05) is 16.5 Å². The number of carbonyl (C=O) groups is 1. The Kier molecular flexibility index (Phi) is 2.93. The molecule has 0 amide bonds. The number of carboxylic acids is 1. The van der Waals surface area contributed by atoms with Crippen molar-refractivity contribution in [1.29, 1.82) is 0 Å². The van der Waals surface area contributed by atoms with Crippen LogP contribution in [-0.2, 0) is 0 Å². The second-order valence-electron chi connectivity index (χ2n) is 3.55. The summed E-state index contributed by atoms with van der Waals surface area (Å²) in [6.07, 6.45) is 0. The molecule has 0 aliphatic carbocycles. The number of hydrogen-bond donors (Lipinski definition) is 1. The minimum absolute atomic E-state index is 0.140. The number of benzene rings is 1. The fourth-order valence-corrected chi connectivity index (χ4v) is 2.57. The first-order valence-corrected chi connectivity index (χ1v) is 5.60. The van der Waals surface area contributed by atoms with Gasteiger partial charge in [0.2, 0.25) is 0 Å². The molecular formula is C12H8F2O2S. The van der Waals surface area contributed by atoms with E-state index in [0.29, 0.717) is 10.4 Å². The van der Waals surface area contributed by atoms with Crippen LogP contribution in [0.4, 0.5) is 8.78 Å². The number of thiophene rings is 1. The monoisotopic (exact) mass is 254 g/mol. The van der Waals surface area contributed by atoms with E-state index in [0.717, 1.165) is 23.5 Å². The molecule has 0 fully saturated rings. The van der Waals surface area contributed by atoms with Gasteiger partial charge < -0.3 is 5.11 Å². The highest BCUT2D eigenvalue weighted by molar-refractivity contribution is 7.17.